The van der Waals surface area contributed by atoms with Gasteiger partial charge in [-0.15, -0.1) is 0 Å². The molecule has 3 aliphatic rings. The third-order valence-electron chi connectivity index (χ3n) is 6.07. The van der Waals surface area contributed by atoms with Crippen LogP contribution in [0.5, 0.6) is 0 Å². The summed E-state index contributed by atoms with van der Waals surface area (Å²) in [6.45, 7) is 5.12. The summed E-state index contributed by atoms with van der Waals surface area (Å²) in [5, 5.41) is 1.25. The molecule has 0 radical (unpaired) electrons. The van der Waals surface area contributed by atoms with Crippen molar-refractivity contribution in [3.05, 3.63) is 35.0 Å². The molecule has 2 fully saturated rings. The molecular weight excluding hydrogens is 314 g/mol. The Kier molecular flexibility index (Phi) is 3.79. The van der Waals surface area contributed by atoms with Crippen LogP contribution in [0.25, 0.3) is 10.9 Å². The largest absolute Gasteiger partial charge is 0.378 e. The zero-order valence-corrected chi connectivity index (χ0v) is 14.6. The van der Waals surface area contributed by atoms with Crippen LogP contribution in [-0.2, 0) is 17.6 Å². The van der Waals surface area contributed by atoms with Crippen LogP contribution in [0.3, 0.4) is 0 Å². The molecule has 1 N–H and O–H groups in total. The van der Waals surface area contributed by atoms with E-state index < -0.39 is 0 Å². The summed E-state index contributed by atoms with van der Waals surface area (Å²) in [7, 11) is 0. The maximum absolute atomic E-state index is 13.1. The first-order valence-electron chi connectivity index (χ1n) is 9.54. The topological polar surface area (TPSA) is 48.6 Å². The normalized spacial score (nSPS) is 24.2. The van der Waals surface area contributed by atoms with E-state index in [1.807, 2.05) is 11.0 Å². The summed E-state index contributed by atoms with van der Waals surface area (Å²) in [5.74, 6) is 0.165. The number of piperazine rings is 1. The lowest BCUT2D eigenvalue weighted by Gasteiger charge is -2.43. The van der Waals surface area contributed by atoms with Crippen molar-refractivity contribution in [1.29, 1.82) is 0 Å². The molecule has 2 saturated heterocycles. The van der Waals surface area contributed by atoms with E-state index in [2.05, 4.69) is 22.0 Å². The van der Waals surface area contributed by atoms with Gasteiger partial charge in [-0.3, -0.25) is 9.69 Å². The molecule has 1 aromatic heterocycles. The van der Waals surface area contributed by atoms with Crippen LogP contribution in [0, 0.1) is 0 Å². The van der Waals surface area contributed by atoms with Gasteiger partial charge < -0.3 is 14.6 Å². The van der Waals surface area contributed by atoms with Crippen LogP contribution >= 0.6 is 0 Å². The van der Waals surface area contributed by atoms with Crippen LogP contribution < -0.4 is 0 Å². The molecule has 5 nitrogen and oxygen atoms in total. The Bertz CT molecular complexity index is 813. The number of H-pyrrole nitrogens is 1. The summed E-state index contributed by atoms with van der Waals surface area (Å²) < 4.78 is 5.60. The number of fused-ring (bicyclic) bond motifs is 4. The predicted octanol–water partition coefficient (Wildman–Crippen LogP) is 2.20. The zero-order chi connectivity index (χ0) is 16.8. The first-order chi connectivity index (χ1) is 12.3. The van der Waals surface area contributed by atoms with E-state index in [-0.39, 0.29) is 5.91 Å². The van der Waals surface area contributed by atoms with E-state index in [4.69, 9.17) is 4.74 Å². The molecule has 1 aromatic carbocycles. The predicted molar refractivity (Wildman–Crippen MR) is 97.0 cm³/mol. The highest BCUT2D eigenvalue weighted by Gasteiger charge is 2.32. The van der Waals surface area contributed by atoms with Gasteiger partial charge in [0.2, 0.25) is 0 Å². The second kappa shape index (κ2) is 6.15. The number of hydrogen-bond acceptors (Lipinski definition) is 3. The van der Waals surface area contributed by atoms with Gasteiger partial charge in [-0.25, -0.2) is 0 Å². The number of morpholine rings is 1. The third kappa shape index (κ3) is 2.66. The molecule has 132 valence electrons. The average molecular weight is 339 g/mol. The molecule has 1 aliphatic carbocycles. The first kappa shape index (κ1) is 15.4. The van der Waals surface area contributed by atoms with Crippen molar-refractivity contribution in [3.63, 3.8) is 0 Å². The van der Waals surface area contributed by atoms with Gasteiger partial charge in [-0.1, -0.05) is 0 Å². The average Bonchev–Trinajstić information content (AvgIpc) is 3.05. The van der Waals surface area contributed by atoms with Crippen molar-refractivity contribution in [2.24, 2.45) is 0 Å². The van der Waals surface area contributed by atoms with Crippen LogP contribution in [0.2, 0.25) is 0 Å². The van der Waals surface area contributed by atoms with Crippen LogP contribution in [-0.4, -0.2) is 66.1 Å². The number of aromatic nitrogens is 1. The number of nitrogens with zero attached hydrogens (tertiary/aromatic N) is 2. The lowest BCUT2D eigenvalue weighted by Crippen LogP contribution is -2.59. The van der Waals surface area contributed by atoms with Gasteiger partial charge in [0.05, 0.1) is 19.3 Å². The Hall–Kier alpha value is -1.85. The van der Waals surface area contributed by atoms with Crippen LogP contribution in [0.15, 0.2) is 18.2 Å². The number of nitrogens with one attached hydrogen (secondary N) is 1. The minimum absolute atomic E-state index is 0.165. The van der Waals surface area contributed by atoms with Crippen molar-refractivity contribution < 1.29 is 9.53 Å². The number of carbonyl (C=O) groups excluding carboxylic acids is 1. The lowest BCUT2D eigenvalue weighted by atomic mass is 9.95. The number of ether oxygens (including phenoxy) is 1. The van der Waals surface area contributed by atoms with E-state index in [0.717, 1.165) is 57.8 Å². The summed E-state index contributed by atoms with van der Waals surface area (Å²) in [5.41, 5.74) is 4.80. The van der Waals surface area contributed by atoms with Gasteiger partial charge in [0.15, 0.2) is 0 Å². The molecular formula is C20H25N3O2. The van der Waals surface area contributed by atoms with Crippen molar-refractivity contribution in [2.75, 3.05) is 39.4 Å². The number of benzene rings is 1. The second-order valence-electron chi connectivity index (χ2n) is 7.57. The fourth-order valence-electron chi connectivity index (χ4n) is 4.65. The SMILES string of the molecule is O=C(c1ccc2[nH]c3c(c2c1)CCCC3)N1CCN2CCOCC2C1. The number of hydrogen-bond donors (Lipinski definition) is 1. The second-order valence-corrected chi connectivity index (χ2v) is 7.57. The standard InChI is InChI=1S/C20H25N3O2/c24-20(23-8-7-22-9-10-25-13-15(22)12-23)14-5-6-19-17(11-14)16-3-1-2-4-18(16)21-19/h5-6,11,15,21H,1-4,7-10,12-13H2. The van der Waals surface area contributed by atoms with Gasteiger partial charge in [-0.2, -0.15) is 0 Å². The molecule has 2 aliphatic heterocycles. The lowest BCUT2D eigenvalue weighted by molar-refractivity contribution is -0.0394. The zero-order valence-electron chi connectivity index (χ0n) is 14.6. The molecule has 0 spiro atoms. The van der Waals surface area contributed by atoms with Crippen molar-refractivity contribution in [1.82, 2.24) is 14.8 Å². The maximum Gasteiger partial charge on any atom is 0.253 e. The fourth-order valence-corrected chi connectivity index (χ4v) is 4.65. The van der Waals surface area contributed by atoms with Gasteiger partial charge in [0.25, 0.3) is 5.91 Å². The number of amides is 1. The number of aryl methyl sites for hydroxylation is 2. The molecule has 1 amide bonds. The monoisotopic (exact) mass is 339 g/mol. The smallest absolute Gasteiger partial charge is 0.253 e. The molecule has 0 saturated carbocycles. The molecule has 2 aromatic rings. The number of carbonyl (C=O) groups is 1. The van der Waals surface area contributed by atoms with Gasteiger partial charge in [0.1, 0.15) is 0 Å². The van der Waals surface area contributed by atoms with Gasteiger partial charge >= 0.3 is 0 Å². The molecule has 25 heavy (non-hydrogen) atoms. The molecule has 1 unspecified atom stereocenters. The molecule has 5 heteroatoms. The van der Waals surface area contributed by atoms with Gasteiger partial charge in [0, 0.05) is 48.3 Å². The minimum Gasteiger partial charge on any atom is -0.378 e. The summed E-state index contributed by atoms with van der Waals surface area (Å²) in [4.78, 5) is 21.1. The van der Waals surface area contributed by atoms with E-state index in [1.165, 1.54) is 35.0 Å². The minimum atomic E-state index is 0.165. The first-order valence-corrected chi connectivity index (χ1v) is 9.54. The Morgan fingerprint density at radius 3 is 3.04 bits per heavy atom. The van der Waals surface area contributed by atoms with Crippen LogP contribution in [0.1, 0.15) is 34.5 Å². The maximum atomic E-state index is 13.1. The van der Waals surface area contributed by atoms with E-state index >= 15 is 0 Å². The fraction of sp³-hybridized carbons (Fsp3) is 0.550. The van der Waals surface area contributed by atoms with Crippen molar-refractivity contribution in [3.8, 4) is 0 Å². The summed E-state index contributed by atoms with van der Waals surface area (Å²) >= 11 is 0. The van der Waals surface area contributed by atoms with E-state index in [0.29, 0.717) is 6.04 Å². The highest BCUT2D eigenvalue weighted by atomic mass is 16.5. The Balaban J connectivity index is 1.41. The number of rotatable bonds is 1. The quantitative estimate of drug-likeness (QED) is 0.866. The van der Waals surface area contributed by atoms with Crippen molar-refractivity contribution in [2.45, 2.75) is 31.7 Å². The Morgan fingerprint density at radius 2 is 2.08 bits per heavy atom. The summed E-state index contributed by atoms with van der Waals surface area (Å²) in [6, 6.07) is 6.54. The van der Waals surface area contributed by atoms with Crippen molar-refractivity contribution >= 4 is 16.8 Å². The number of aromatic amines is 1. The van der Waals surface area contributed by atoms with Crippen LogP contribution in [0.4, 0.5) is 0 Å². The molecule has 1 atom stereocenters. The third-order valence-corrected chi connectivity index (χ3v) is 6.07. The Labute approximate surface area is 147 Å². The summed E-state index contributed by atoms with van der Waals surface area (Å²) in [6.07, 6.45) is 4.78. The highest BCUT2D eigenvalue weighted by molar-refractivity contribution is 5.99. The van der Waals surface area contributed by atoms with E-state index in [1.54, 1.807) is 0 Å². The van der Waals surface area contributed by atoms with E-state index in [9.17, 15) is 4.79 Å². The molecule has 3 heterocycles. The van der Waals surface area contributed by atoms with Gasteiger partial charge in [-0.05, 0) is 49.4 Å². The molecule has 5 rings (SSSR count). The molecule has 0 bridgehead atoms. The highest BCUT2D eigenvalue weighted by Crippen LogP contribution is 2.30. The Morgan fingerprint density at radius 1 is 1.16 bits per heavy atom.